The molecule has 0 unspecified atom stereocenters. The average Bonchev–Trinajstić information content (AvgIpc) is 3.59. The summed E-state index contributed by atoms with van der Waals surface area (Å²) in [5.41, 5.74) is 3.60. The fourth-order valence-electron chi connectivity index (χ4n) is 4.44. The SMILES string of the molecule is O=C(O)NCCCCCCOc1ccc(C2=CN3C(=O)/C(=C/c4ccco4)N=C3C(Cc3ccccc3)=N2)cc1. The first-order valence-corrected chi connectivity index (χ1v) is 13.3. The minimum absolute atomic E-state index is 0.233. The van der Waals surface area contributed by atoms with E-state index in [1.165, 1.54) is 0 Å². The number of furan rings is 1. The van der Waals surface area contributed by atoms with Crippen molar-refractivity contribution in [3.8, 4) is 5.75 Å². The highest BCUT2D eigenvalue weighted by molar-refractivity contribution is 6.48. The molecule has 5 rings (SSSR count). The number of hydrogen-bond donors (Lipinski definition) is 2. The van der Waals surface area contributed by atoms with Gasteiger partial charge in [0, 0.05) is 30.8 Å². The second-order valence-corrected chi connectivity index (χ2v) is 9.41. The number of rotatable bonds is 12. The van der Waals surface area contributed by atoms with Crippen molar-refractivity contribution in [1.29, 1.82) is 0 Å². The lowest BCUT2D eigenvalue weighted by atomic mass is 10.0. The van der Waals surface area contributed by atoms with Crippen LogP contribution in [0.5, 0.6) is 5.75 Å². The fourth-order valence-corrected chi connectivity index (χ4v) is 4.44. The predicted octanol–water partition coefficient (Wildman–Crippen LogP) is 5.76. The van der Waals surface area contributed by atoms with E-state index >= 15 is 0 Å². The molecule has 2 amide bonds. The zero-order valence-electron chi connectivity index (χ0n) is 22.0. The quantitative estimate of drug-likeness (QED) is 0.225. The van der Waals surface area contributed by atoms with Gasteiger partial charge in [0.05, 0.1) is 24.3 Å². The monoisotopic (exact) mass is 538 g/mol. The molecule has 3 aromatic rings. The van der Waals surface area contributed by atoms with Crippen LogP contribution < -0.4 is 10.1 Å². The van der Waals surface area contributed by atoms with E-state index in [0.29, 0.717) is 48.3 Å². The number of ether oxygens (including phenoxy) is 1. The molecule has 0 bridgehead atoms. The van der Waals surface area contributed by atoms with Crippen LogP contribution in [-0.4, -0.2) is 46.7 Å². The first-order chi connectivity index (χ1) is 19.6. The fraction of sp³-hybridized carbons (Fsp3) is 0.226. The molecule has 0 spiro atoms. The van der Waals surface area contributed by atoms with Crippen LogP contribution in [0, 0.1) is 0 Å². The van der Waals surface area contributed by atoms with E-state index in [0.717, 1.165) is 42.6 Å². The van der Waals surface area contributed by atoms with Gasteiger partial charge in [0.15, 0.2) is 5.84 Å². The number of carbonyl (C=O) groups excluding carboxylic acids is 1. The van der Waals surface area contributed by atoms with Gasteiger partial charge in [0.2, 0.25) is 0 Å². The normalized spacial score (nSPS) is 15.4. The third-order valence-corrected chi connectivity index (χ3v) is 6.46. The number of fused-ring (bicyclic) bond motifs is 1. The number of benzene rings is 2. The molecule has 9 nitrogen and oxygen atoms in total. The second-order valence-electron chi connectivity index (χ2n) is 9.41. The Balaban J connectivity index is 1.27. The van der Waals surface area contributed by atoms with Gasteiger partial charge in [-0.3, -0.25) is 9.69 Å². The lowest BCUT2D eigenvalue weighted by Gasteiger charge is -2.22. The maximum absolute atomic E-state index is 13.3. The van der Waals surface area contributed by atoms with E-state index < -0.39 is 6.09 Å². The summed E-state index contributed by atoms with van der Waals surface area (Å²) < 4.78 is 11.3. The number of nitrogens with zero attached hydrogens (tertiary/aromatic N) is 3. The largest absolute Gasteiger partial charge is 0.494 e. The van der Waals surface area contributed by atoms with Gasteiger partial charge in [-0.25, -0.2) is 14.8 Å². The molecule has 0 atom stereocenters. The van der Waals surface area contributed by atoms with Crippen molar-refractivity contribution in [2.75, 3.05) is 13.2 Å². The van der Waals surface area contributed by atoms with E-state index in [9.17, 15) is 9.59 Å². The number of unbranched alkanes of at least 4 members (excludes halogenated alkanes) is 3. The minimum Gasteiger partial charge on any atom is -0.494 e. The molecule has 0 saturated heterocycles. The molecule has 9 heteroatoms. The summed E-state index contributed by atoms with van der Waals surface area (Å²) in [4.78, 5) is 34.9. The number of amidine groups is 1. The van der Waals surface area contributed by atoms with Crippen LogP contribution in [0.1, 0.15) is 42.6 Å². The van der Waals surface area contributed by atoms with E-state index in [2.05, 4.69) is 10.3 Å². The van der Waals surface area contributed by atoms with Gasteiger partial charge < -0.3 is 19.6 Å². The van der Waals surface area contributed by atoms with Crippen molar-refractivity contribution in [1.82, 2.24) is 10.2 Å². The third-order valence-electron chi connectivity index (χ3n) is 6.46. The van der Waals surface area contributed by atoms with Crippen LogP contribution in [0.3, 0.4) is 0 Å². The van der Waals surface area contributed by atoms with E-state index in [-0.39, 0.29) is 5.91 Å². The Kier molecular flexibility index (Phi) is 8.50. The third kappa shape index (κ3) is 6.74. The van der Waals surface area contributed by atoms with Gasteiger partial charge in [-0.1, -0.05) is 43.2 Å². The summed E-state index contributed by atoms with van der Waals surface area (Å²) in [6.45, 7) is 1.06. The molecule has 40 heavy (non-hydrogen) atoms. The van der Waals surface area contributed by atoms with Crippen LogP contribution in [0.4, 0.5) is 4.79 Å². The Morgan fingerprint density at radius 3 is 2.52 bits per heavy atom. The molecule has 0 fully saturated rings. The number of aliphatic imine (C=N–C) groups is 2. The lowest BCUT2D eigenvalue weighted by molar-refractivity contribution is -0.120. The first-order valence-electron chi connectivity index (χ1n) is 13.3. The van der Waals surface area contributed by atoms with Crippen LogP contribution in [-0.2, 0) is 11.2 Å². The number of amides is 2. The van der Waals surface area contributed by atoms with Gasteiger partial charge in [-0.2, -0.15) is 0 Å². The second kappa shape index (κ2) is 12.8. The van der Waals surface area contributed by atoms with E-state index in [4.69, 9.17) is 19.3 Å². The van der Waals surface area contributed by atoms with Crippen molar-refractivity contribution >= 4 is 35.3 Å². The maximum atomic E-state index is 13.3. The highest BCUT2D eigenvalue weighted by atomic mass is 16.5. The molecule has 204 valence electrons. The molecule has 2 N–H and O–H groups in total. The molecule has 2 aliphatic rings. The summed E-state index contributed by atoms with van der Waals surface area (Å²) >= 11 is 0. The Morgan fingerprint density at radius 2 is 1.77 bits per heavy atom. The van der Waals surface area contributed by atoms with Crippen molar-refractivity contribution in [2.24, 2.45) is 9.98 Å². The molecule has 0 saturated carbocycles. The van der Waals surface area contributed by atoms with E-state index in [1.807, 2.05) is 54.6 Å². The molecule has 2 aromatic carbocycles. The number of carbonyl (C=O) groups is 2. The van der Waals surface area contributed by atoms with Crippen molar-refractivity contribution < 1.29 is 23.8 Å². The molecular weight excluding hydrogens is 508 g/mol. The number of nitrogens with one attached hydrogen (secondary N) is 1. The standard InChI is InChI=1S/C31H30N4O5/c36-30-27(20-25-11-8-18-40-25)34-29-26(19-22-9-4-3-5-10-22)33-28(21-35(29)30)23-12-14-24(15-13-23)39-17-7-2-1-6-16-32-31(37)38/h3-5,8-15,18,20-21,32H,1-2,6-7,16-17,19H2,(H,37,38)/b27-20-. The van der Waals surface area contributed by atoms with Gasteiger partial charge in [0.25, 0.3) is 5.91 Å². The number of hydrogen-bond acceptors (Lipinski definition) is 6. The van der Waals surface area contributed by atoms with Crippen molar-refractivity contribution in [3.05, 3.63) is 102 Å². The predicted molar refractivity (Wildman–Crippen MR) is 153 cm³/mol. The molecule has 1 aromatic heterocycles. The molecule has 3 heterocycles. The lowest BCUT2D eigenvalue weighted by Crippen LogP contribution is -2.36. The highest BCUT2D eigenvalue weighted by Crippen LogP contribution is 2.29. The van der Waals surface area contributed by atoms with Crippen LogP contribution in [0.25, 0.3) is 11.8 Å². The van der Waals surface area contributed by atoms with Crippen LogP contribution in [0.2, 0.25) is 0 Å². The molecular formula is C31H30N4O5. The summed E-state index contributed by atoms with van der Waals surface area (Å²) in [6, 6.07) is 21.2. The van der Waals surface area contributed by atoms with Gasteiger partial charge >= 0.3 is 6.09 Å². The first kappa shape index (κ1) is 26.7. The zero-order chi connectivity index (χ0) is 27.7. The maximum Gasteiger partial charge on any atom is 0.404 e. The molecule has 0 aliphatic carbocycles. The summed E-state index contributed by atoms with van der Waals surface area (Å²) in [5.74, 6) is 1.60. The topological polar surface area (TPSA) is 117 Å². The minimum atomic E-state index is -0.985. The Bertz CT molecular complexity index is 1460. The average molecular weight is 539 g/mol. The smallest absolute Gasteiger partial charge is 0.404 e. The summed E-state index contributed by atoms with van der Waals surface area (Å²) in [7, 11) is 0. The Morgan fingerprint density at radius 1 is 0.975 bits per heavy atom. The Labute approximate surface area is 232 Å². The Hall–Kier alpha value is -4.92. The van der Waals surface area contributed by atoms with E-state index in [1.54, 1.807) is 35.6 Å². The van der Waals surface area contributed by atoms with Gasteiger partial charge in [-0.05, 0) is 54.8 Å². The van der Waals surface area contributed by atoms with Crippen molar-refractivity contribution in [3.63, 3.8) is 0 Å². The molecule has 0 radical (unpaired) electrons. The van der Waals surface area contributed by atoms with Crippen molar-refractivity contribution in [2.45, 2.75) is 32.1 Å². The summed E-state index contributed by atoms with van der Waals surface area (Å²) in [5, 5.41) is 11.0. The molecule has 2 aliphatic heterocycles. The van der Waals surface area contributed by atoms with Gasteiger partial charge in [-0.15, -0.1) is 0 Å². The van der Waals surface area contributed by atoms with Gasteiger partial charge in [0.1, 0.15) is 17.2 Å². The zero-order valence-corrected chi connectivity index (χ0v) is 22.0. The van der Waals surface area contributed by atoms with Crippen LogP contribution in [0.15, 0.2) is 99.3 Å². The highest BCUT2D eigenvalue weighted by Gasteiger charge is 2.35. The summed E-state index contributed by atoms with van der Waals surface area (Å²) in [6.07, 6.45) is 8.09. The van der Waals surface area contributed by atoms with Crippen LogP contribution >= 0.6 is 0 Å². The number of carboxylic acid groups (broad SMARTS) is 1.